The van der Waals surface area contributed by atoms with E-state index < -0.39 is 17.5 Å². The van der Waals surface area contributed by atoms with Crippen LogP contribution in [0.2, 0.25) is 5.36 Å². The third-order valence-electron chi connectivity index (χ3n) is 5.58. The summed E-state index contributed by atoms with van der Waals surface area (Å²) in [5.41, 5.74) is 16.2. The Morgan fingerprint density at radius 3 is 2.00 bits per heavy atom. The van der Waals surface area contributed by atoms with Gasteiger partial charge in [0, 0.05) is 0 Å². The van der Waals surface area contributed by atoms with E-state index in [0.717, 1.165) is 11.8 Å². The molecule has 0 aliphatic carbocycles. The summed E-state index contributed by atoms with van der Waals surface area (Å²) >= 11 is 1.44. The van der Waals surface area contributed by atoms with E-state index in [2.05, 4.69) is 66.1 Å². The van der Waals surface area contributed by atoms with Crippen LogP contribution in [0, 0.1) is 0 Å². The zero-order valence-corrected chi connectivity index (χ0v) is 21.8. The molecule has 0 spiro atoms. The SMILES string of the molecule is CC[CH]([Co][CH2]C(C)c1ccc(NC(=O)c2ccc(NN=C(C(N)=O)C(N)=O)cc2)cc1)c1ccccc1. The summed E-state index contributed by atoms with van der Waals surface area (Å²) in [5.74, 6) is -1.94. The minimum atomic E-state index is -1.03. The van der Waals surface area contributed by atoms with Crippen molar-refractivity contribution in [1.82, 2.24) is 0 Å². The molecule has 0 bridgehead atoms. The van der Waals surface area contributed by atoms with Gasteiger partial charge in [0.05, 0.1) is 0 Å². The topological polar surface area (TPSA) is 140 Å². The van der Waals surface area contributed by atoms with Gasteiger partial charge in [0.15, 0.2) is 0 Å². The van der Waals surface area contributed by atoms with Crippen LogP contribution in [-0.2, 0) is 24.3 Å². The second kappa shape index (κ2) is 13.4. The molecular formula is C28H31CoN5O3. The van der Waals surface area contributed by atoms with Crippen molar-refractivity contribution < 1.29 is 29.1 Å². The Morgan fingerprint density at radius 1 is 0.838 bits per heavy atom. The third kappa shape index (κ3) is 8.02. The van der Waals surface area contributed by atoms with Crippen molar-refractivity contribution in [3.63, 3.8) is 0 Å². The van der Waals surface area contributed by atoms with E-state index in [0.29, 0.717) is 27.7 Å². The number of anilines is 2. The molecule has 2 atom stereocenters. The fourth-order valence-electron chi connectivity index (χ4n) is 3.50. The summed E-state index contributed by atoms with van der Waals surface area (Å²) in [4.78, 5) is 35.5. The number of nitrogens with two attached hydrogens (primary N) is 2. The standard InChI is InChI=1S/C19H20N5O3.C9H11.Co/c1-11(2)12-3-7-14(8-4-12)22-19(27)13-5-9-15(10-6-13)23-24-16(17(20)25)18(21)26;1-2-6-9-7-4-3-5-8-9;/h3-11,23H,1H2,2H3,(H2,20,25)(H2,21,26)(H,22,27);3-8H,2H2,1H3;. The molecule has 0 aliphatic heterocycles. The second-order valence-electron chi connectivity index (χ2n) is 8.38. The van der Waals surface area contributed by atoms with Crippen LogP contribution in [0.15, 0.2) is 84.0 Å². The molecule has 0 aromatic heterocycles. The van der Waals surface area contributed by atoms with E-state index in [4.69, 9.17) is 11.5 Å². The summed E-state index contributed by atoms with van der Waals surface area (Å²) in [7, 11) is 0. The monoisotopic (exact) mass is 544 g/mol. The average molecular weight is 545 g/mol. The molecule has 0 fully saturated rings. The first kappa shape index (κ1) is 27.6. The van der Waals surface area contributed by atoms with Crippen LogP contribution in [0.25, 0.3) is 0 Å². The first-order chi connectivity index (χ1) is 17.8. The molecule has 0 heterocycles. The van der Waals surface area contributed by atoms with Gasteiger partial charge in [-0.2, -0.15) is 5.10 Å². The first-order valence-corrected chi connectivity index (χ1v) is 13.1. The molecule has 3 aromatic carbocycles. The molecule has 3 amide bonds. The summed E-state index contributed by atoms with van der Waals surface area (Å²) in [6.07, 6.45) is 1.10. The Hall–Kier alpha value is -3.95. The van der Waals surface area contributed by atoms with Gasteiger partial charge in [-0.1, -0.05) is 0 Å². The molecule has 0 saturated heterocycles. The van der Waals surface area contributed by atoms with Gasteiger partial charge in [0.1, 0.15) is 0 Å². The van der Waals surface area contributed by atoms with Crippen LogP contribution < -0.4 is 22.2 Å². The van der Waals surface area contributed by atoms with Gasteiger partial charge in [-0.25, -0.2) is 0 Å². The fourth-order valence-corrected chi connectivity index (χ4v) is 5.16. The number of carbonyl (C=O) groups excluding carboxylic acids is 3. The normalized spacial score (nSPS) is 12.3. The summed E-state index contributed by atoms with van der Waals surface area (Å²) in [6, 6.07) is 24.9. The zero-order chi connectivity index (χ0) is 26.8. The van der Waals surface area contributed by atoms with Gasteiger partial charge in [0.25, 0.3) is 11.8 Å². The van der Waals surface area contributed by atoms with Gasteiger partial charge >= 0.3 is 174 Å². The molecule has 0 radical (unpaired) electrons. The van der Waals surface area contributed by atoms with Crippen LogP contribution >= 0.6 is 0 Å². The molecule has 3 aromatic rings. The van der Waals surface area contributed by atoms with Gasteiger partial charge < -0.3 is 11.5 Å². The first-order valence-electron chi connectivity index (χ1n) is 11.8. The van der Waals surface area contributed by atoms with Crippen molar-refractivity contribution in [2.75, 3.05) is 10.7 Å². The van der Waals surface area contributed by atoms with Crippen molar-refractivity contribution in [3.05, 3.63) is 95.6 Å². The van der Waals surface area contributed by atoms with E-state index in [9.17, 15) is 14.4 Å². The molecule has 195 valence electrons. The van der Waals surface area contributed by atoms with E-state index in [1.54, 1.807) is 24.3 Å². The minimum absolute atomic E-state index is 0.266. The third-order valence-corrected chi connectivity index (χ3v) is 7.75. The molecule has 2 unspecified atom stereocenters. The maximum absolute atomic E-state index is 12.7. The molecule has 0 saturated carbocycles. The number of carbonyl (C=O) groups is 3. The number of hydrazone groups is 1. The van der Waals surface area contributed by atoms with Crippen LogP contribution in [0.1, 0.15) is 52.5 Å². The van der Waals surface area contributed by atoms with Gasteiger partial charge in [-0.3, -0.25) is 15.0 Å². The quantitative estimate of drug-likeness (QED) is 0.152. The molecular weight excluding hydrogens is 513 g/mol. The number of nitrogens with zero attached hydrogens (tertiary/aromatic N) is 1. The van der Waals surface area contributed by atoms with E-state index in [1.807, 2.05) is 18.2 Å². The Morgan fingerprint density at radius 2 is 1.43 bits per heavy atom. The van der Waals surface area contributed by atoms with Crippen LogP contribution in [0.3, 0.4) is 0 Å². The number of benzene rings is 3. The predicted molar refractivity (Wildman–Crippen MR) is 143 cm³/mol. The van der Waals surface area contributed by atoms with Gasteiger partial charge in [0.2, 0.25) is 5.71 Å². The van der Waals surface area contributed by atoms with E-state index in [-0.39, 0.29) is 5.91 Å². The Labute approximate surface area is 222 Å². The number of rotatable bonds is 12. The molecule has 9 heteroatoms. The number of nitrogens with one attached hydrogen (secondary N) is 2. The molecule has 0 aliphatic rings. The Kier molecular flexibility index (Phi) is 9.99. The second-order valence-corrected chi connectivity index (χ2v) is 9.96. The van der Waals surface area contributed by atoms with E-state index >= 15 is 0 Å². The number of amides is 3. The Balaban J connectivity index is 1.54. The fraction of sp³-hybridized carbons (Fsp3) is 0.214. The molecule has 37 heavy (non-hydrogen) atoms. The van der Waals surface area contributed by atoms with E-state index in [1.165, 1.54) is 25.8 Å². The van der Waals surface area contributed by atoms with Crippen molar-refractivity contribution in [1.29, 1.82) is 0 Å². The summed E-state index contributed by atoms with van der Waals surface area (Å²) < 4.78 is 0. The average Bonchev–Trinajstić information content (AvgIpc) is 2.90. The zero-order valence-electron chi connectivity index (χ0n) is 20.7. The van der Waals surface area contributed by atoms with Crippen molar-refractivity contribution in [3.8, 4) is 0 Å². The van der Waals surface area contributed by atoms with Crippen molar-refractivity contribution in [2.45, 2.75) is 36.4 Å². The van der Waals surface area contributed by atoms with Crippen LogP contribution in [0.4, 0.5) is 11.4 Å². The van der Waals surface area contributed by atoms with Gasteiger partial charge in [-0.15, -0.1) is 0 Å². The van der Waals surface area contributed by atoms with Gasteiger partial charge in [-0.05, 0) is 0 Å². The maximum atomic E-state index is 12.7. The molecule has 3 rings (SSSR count). The number of primary amides is 2. The molecule has 8 nitrogen and oxygen atoms in total. The van der Waals surface area contributed by atoms with Crippen LogP contribution in [-0.4, -0.2) is 23.4 Å². The summed E-state index contributed by atoms with van der Waals surface area (Å²) in [6.45, 7) is 4.46. The van der Waals surface area contributed by atoms with Crippen molar-refractivity contribution in [2.24, 2.45) is 16.6 Å². The summed E-state index contributed by atoms with van der Waals surface area (Å²) in [5, 5.41) is 7.57. The van der Waals surface area contributed by atoms with Crippen molar-refractivity contribution >= 4 is 34.8 Å². The molecule has 6 N–H and O–H groups in total. The predicted octanol–water partition coefficient (Wildman–Crippen LogP) is 4.43. The van der Waals surface area contributed by atoms with Crippen LogP contribution in [0.5, 0.6) is 0 Å². The number of hydrogen-bond acceptors (Lipinski definition) is 5. The number of hydrogen-bond donors (Lipinski definition) is 4. The Bertz CT molecular complexity index is 1230.